The number of hydrogen-bond donors (Lipinski definition) is 3. The summed E-state index contributed by atoms with van der Waals surface area (Å²) in [6, 6.07) is 6.64. The van der Waals surface area contributed by atoms with Gasteiger partial charge in [-0.05, 0) is 18.2 Å². The molecule has 0 bridgehead atoms. The third kappa shape index (κ3) is 7.21. The summed E-state index contributed by atoms with van der Waals surface area (Å²) in [6.45, 7) is 9.22. The first-order chi connectivity index (χ1) is 17.5. The number of halogens is 1. The summed E-state index contributed by atoms with van der Waals surface area (Å²) >= 11 is -0.152. The number of alkyl carbamates (subject to hydrolysis) is 1. The van der Waals surface area contributed by atoms with E-state index in [1.807, 2.05) is 27.7 Å². The van der Waals surface area contributed by atoms with Gasteiger partial charge in [-0.1, -0.05) is 33.8 Å². The van der Waals surface area contributed by atoms with Gasteiger partial charge in [-0.2, -0.15) is 0 Å². The maximum atomic E-state index is 15.7. The summed E-state index contributed by atoms with van der Waals surface area (Å²) in [7, 11) is 2.98. The molecule has 1 amide bonds. The maximum absolute atomic E-state index is 15.7. The summed E-state index contributed by atoms with van der Waals surface area (Å²) in [6.07, 6.45) is 1.08. The van der Waals surface area contributed by atoms with E-state index >= 15 is 4.39 Å². The van der Waals surface area contributed by atoms with E-state index in [2.05, 4.69) is 30.1 Å². The minimum Gasteiger partial charge on any atom is -0.453 e. The molecular weight excluding hydrogens is 517 g/mol. The molecule has 3 rings (SSSR count). The molecular formula is C24H32FN7O3S2. The summed E-state index contributed by atoms with van der Waals surface area (Å²) in [4.78, 5) is 25.6. The lowest BCUT2D eigenvalue weighted by Crippen LogP contribution is -2.28. The molecule has 1 aromatic carbocycles. The Kier molecular flexibility index (Phi) is 9.51. The number of ether oxygens (including phenoxy) is 1. The Morgan fingerprint density at radius 3 is 2.65 bits per heavy atom. The van der Waals surface area contributed by atoms with Crippen LogP contribution in [0.4, 0.5) is 20.8 Å². The molecule has 0 aliphatic heterocycles. The molecule has 200 valence electrons. The van der Waals surface area contributed by atoms with Crippen LogP contribution in [0.5, 0.6) is 0 Å². The first kappa shape index (κ1) is 28.4. The molecule has 2 heterocycles. The van der Waals surface area contributed by atoms with Crippen molar-refractivity contribution in [2.24, 2.45) is 0 Å². The third-order valence-electron chi connectivity index (χ3n) is 5.20. The van der Waals surface area contributed by atoms with Crippen LogP contribution in [0.3, 0.4) is 0 Å². The Balaban J connectivity index is 1.98. The predicted molar refractivity (Wildman–Crippen MR) is 146 cm³/mol. The van der Waals surface area contributed by atoms with Gasteiger partial charge in [0, 0.05) is 43.9 Å². The standard InChI is InChI=1S/C24H32FN7O3S2/c1-7-32(5)37(34)31-16-10-8-9-15(18(16)25)19-20(36-21(30-19)24(2,3)4)17-11-12-26-22(29-17)27-13-14-28-23(33)35-6/h8-12,31H,7,13-14H2,1-6H3,(H,28,33)(H,26,27,29). The maximum Gasteiger partial charge on any atom is 0.406 e. The first-order valence-electron chi connectivity index (χ1n) is 11.6. The number of thiazole rings is 1. The molecule has 1 atom stereocenters. The van der Waals surface area contributed by atoms with Crippen LogP contribution in [0.25, 0.3) is 21.8 Å². The van der Waals surface area contributed by atoms with Crippen molar-refractivity contribution in [3.63, 3.8) is 0 Å². The molecule has 3 aromatic rings. The highest BCUT2D eigenvalue weighted by Gasteiger charge is 2.26. The number of aromatic nitrogens is 3. The molecule has 0 aliphatic rings. The molecule has 1 unspecified atom stereocenters. The van der Waals surface area contributed by atoms with Crippen molar-refractivity contribution in [2.45, 2.75) is 33.1 Å². The molecule has 0 spiro atoms. The minimum absolute atomic E-state index is 0.121. The van der Waals surface area contributed by atoms with Gasteiger partial charge in [-0.3, -0.25) is 4.72 Å². The second kappa shape index (κ2) is 12.4. The fourth-order valence-corrected chi connectivity index (χ4v) is 4.90. The lowest BCUT2D eigenvalue weighted by molar-refractivity contribution is 0.171. The van der Waals surface area contributed by atoms with Crippen molar-refractivity contribution in [3.05, 3.63) is 41.3 Å². The van der Waals surface area contributed by atoms with Gasteiger partial charge in [0.05, 0.1) is 34.1 Å². The van der Waals surface area contributed by atoms with E-state index in [4.69, 9.17) is 4.98 Å². The Morgan fingerprint density at radius 2 is 1.97 bits per heavy atom. The van der Waals surface area contributed by atoms with Gasteiger partial charge >= 0.3 is 6.09 Å². The normalized spacial score (nSPS) is 12.3. The number of carbonyl (C=O) groups excluding carboxylic acids is 1. The predicted octanol–water partition coefficient (Wildman–Crippen LogP) is 4.41. The van der Waals surface area contributed by atoms with E-state index in [1.165, 1.54) is 18.4 Å². The van der Waals surface area contributed by atoms with Gasteiger partial charge in [0.1, 0.15) is 0 Å². The first-order valence-corrected chi connectivity index (χ1v) is 13.6. The van der Waals surface area contributed by atoms with Crippen LogP contribution >= 0.6 is 11.3 Å². The lowest BCUT2D eigenvalue weighted by atomic mass is 9.98. The van der Waals surface area contributed by atoms with Crippen molar-refractivity contribution in [2.75, 3.05) is 43.8 Å². The zero-order valence-electron chi connectivity index (χ0n) is 21.7. The quantitative estimate of drug-likeness (QED) is 0.320. The van der Waals surface area contributed by atoms with Crippen LogP contribution < -0.4 is 15.4 Å². The van der Waals surface area contributed by atoms with Crippen molar-refractivity contribution in [1.29, 1.82) is 0 Å². The number of rotatable bonds is 10. The summed E-state index contributed by atoms with van der Waals surface area (Å²) in [5.41, 5.74) is 1.15. The minimum atomic E-state index is -1.59. The van der Waals surface area contributed by atoms with Crippen molar-refractivity contribution >= 4 is 40.2 Å². The third-order valence-corrected chi connectivity index (χ3v) is 7.92. The molecule has 0 fully saturated rings. The zero-order chi connectivity index (χ0) is 27.2. The molecule has 0 saturated heterocycles. The number of anilines is 2. The fourth-order valence-electron chi connectivity index (χ4n) is 3.06. The van der Waals surface area contributed by atoms with E-state index < -0.39 is 23.1 Å². The van der Waals surface area contributed by atoms with E-state index in [0.717, 1.165) is 5.01 Å². The molecule has 2 aromatic heterocycles. The number of methoxy groups -OCH3 is 1. The smallest absolute Gasteiger partial charge is 0.406 e. The number of nitrogens with one attached hydrogen (secondary N) is 3. The van der Waals surface area contributed by atoms with Crippen molar-refractivity contribution in [3.8, 4) is 21.8 Å². The number of benzene rings is 1. The van der Waals surface area contributed by atoms with Crippen LogP contribution in [-0.2, 0) is 21.3 Å². The van der Waals surface area contributed by atoms with Gasteiger partial charge in [0.25, 0.3) is 0 Å². The molecule has 0 radical (unpaired) electrons. The van der Waals surface area contributed by atoms with Gasteiger partial charge in [0.2, 0.25) is 5.95 Å². The number of hydrogen-bond acceptors (Lipinski definition) is 8. The molecule has 37 heavy (non-hydrogen) atoms. The van der Waals surface area contributed by atoms with Crippen LogP contribution in [0, 0.1) is 5.82 Å². The largest absolute Gasteiger partial charge is 0.453 e. The van der Waals surface area contributed by atoms with Crippen LogP contribution in [0.15, 0.2) is 30.5 Å². The van der Waals surface area contributed by atoms with Crippen LogP contribution in [0.2, 0.25) is 0 Å². The van der Waals surface area contributed by atoms with Gasteiger partial charge in [-0.25, -0.2) is 32.7 Å². The SMILES string of the molecule is CCN(C)S(=O)Nc1cccc(-c2nc(C(C)(C)C)sc2-c2ccnc(NCCNC(=O)OC)n2)c1F. The van der Waals surface area contributed by atoms with Gasteiger partial charge < -0.3 is 15.4 Å². The second-order valence-corrected chi connectivity index (χ2v) is 11.3. The fraction of sp³-hybridized carbons (Fsp3) is 0.417. The Labute approximate surface area is 222 Å². The monoisotopic (exact) mass is 549 g/mol. The molecule has 0 aliphatic carbocycles. The summed E-state index contributed by atoms with van der Waals surface area (Å²) in [5, 5.41) is 6.45. The van der Waals surface area contributed by atoms with Gasteiger partial charge in [0.15, 0.2) is 17.0 Å². The average Bonchev–Trinajstić information content (AvgIpc) is 3.33. The van der Waals surface area contributed by atoms with Crippen LogP contribution in [-0.4, -0.2) is 63.4 Å². The molecule has 3 N–H and O–H groups in total. The van der Waals surface area contributed by atoms with Gasteiger partial charge in [-0.15, -0.1) is 11.3 Å². The highest BCUT2D eigenvalue weighted by Crippen LogP contribution is 2.41. The highest BCUT2D eigenvalue weighted by atomic mass is 32.2. The lowest BCUT2D eigenvalue weighted by Gasteiger charge is -2.16. The Bertz CT molecular complexity index is 1260. The molecule has 13 heteroatoms. The number of carbonyl (C=O) groups is 1. The Hall–Kier alpha value is -3.16. The number of amides is 1. The molecule has 10 nitrogen and oxygen atoms in total. The van der Waals surface area contributed by atoms with E-state index in [0.29, 0.717) is 41.8 Å². The molecule has 0 saturated carbocycles. The van der Waals surface area contributed by atoms with Crippen molar-refractivity contribution in [1.82, 2.24) is 24.6 Å². The topological polar surface area (TPSA) is 121 Å². The highest BCUT2D eigenvalue weighted by molar-refractivity contribution is 7.84. The van der Waals surface area contributed by atoms with E-state index in [-0.39, 0.29) is 16.7 Å². The van der Waals surface area contributed by atoms with E-state index in [1.54, 1.807) is 41.8 Å². The van der Waals surface area contributed by atoms with Crippen LogP contribution in [0.1, 0.15) is 32.7 Å². The second-order valence-electron chi connectivity index (χ2n) is 9.02. The zero-order valence-corrected chi connectivity index (χ0v) is 23.3. The summed E-state index contributed by atoms with van der Waals surface area (Å²) in [5.74, 6) is -0.191. The number of nitrogens with zero attached hydrogens (tertiary/aromatic N) is 4. The Morgan fingerprint density at radius 1 is 1.22 bits per heavy atom. The average molecular weight is 550 g/mol. The summed E-state index contributed by atoms with van der Waals surface area (Å²) < 4.78 is 37.0. The van der Waals surface area contributed by atoms with E-state index in [9.17, 15) is 9.00 Å². The van der Waals surface area contributed by atoms with Crippen molar-refractivity contribution < 1.29 is 18.1 Å².